The van der Waals surface area contributed by atoms with Gasteiger partial charge in [0.25, 0.3) is 0 Å². The van der Waals surface area contributed by atoms with Crippen molar-refractivity contribution in [2.45, 2.75) is 32.7 Å². The van der Waals surface area contributed by atoms with E-state index in [1.54, 1.807) is 0 Å². The van der Waals surface area contributed by atoms with Gasteiger partial charge in [0.05, 0.1) is 24.8 Å². The average molecular weight is 458 g/mol. The van der Waals surface area contributed by atoms with E-state index in [-0.39, 0.29) is 35.3 Å². The fourth-order valence-electron chi connectivity index (χ4n) is 2.99. The lowest BCUT2D eigenvalue weighted by atomic mass is 10.0. The number of aromatic nitrogens is 2. The van der Waals surface area contributed by atoms with Crippen LogP contribution in [0.1, 0.15) is 12.0 Å². The number of carboxylic acids is 1. The molecular weight excluding hydrogens is 442 g/mol. The maximum atomic E-state index is 12.6. The summed E-state index contributed by atoms with van der Waals surface area (Å²) in [6.07, 6.45) is 0.508. The van der Waals surface area contributed by atoms with E-state index in [2.05, 4.69) is 15.5 Å². The number of nitrogens with two attached hydrogens (primary N) is 1. The number of nitrogen functional groups attached to an aromatic ring is 1. The van der Waals surface area contributed by atoms with Crippen LogP contribution < -0.4 is 11.1 Å². The second kappa shape index (κ2) is 7.54. The van der Waals surface area contributed by atoms with E-state index < -0.39 is 16.1 Å². The minimum absolute atomic E-state index is 0.0214. The van der Waals surface area contributed by atoms with E-state index in [9.17, 15) is 19.5 Å². The van der Waals surface area contributed by atoms with Gasteiger partial charge in [-0.3, -0.25) is 14.4 Å². The first-order chi connectivity index (χ1) is 13.4. The Morgan fingerprint density at radius 2 is 2.29 bits per heavy atom. The molecule has 2 aromatic heterocycles. The minimum Gasteiger partial charge on any atom is -0.480 e. The molecule has 4 heterocycles. The van der Waals surface area contributed by atoms with Crippen molar-refractivity contribution >= 4 is 69.1 Å². The van der Waals surface area contributed by atoms with Crippen LogP contribution in [0.3, 0.4) is 0 Å². The van der Waals surface area contributed by atoms with Gasteiger partial charge in [0.15, 0.2) is 9.09 Å². The quantitative estimate of drug-likeness (QED) is 0.544. The lowest BCUT2D eigenvalue weighted by Gasteiger charge is -2.52. The SMILES string of the molecule is Nc1nnc(SC2(C(=O)O)CN3C(=O)C[C@H]3SC2NC(=O)Cc2ccsc2)s1. The van der Waals surface area contributed by atoms with Gasteiger partial charge in [0.2, 0.25) is 16.9 Å². The molecule has 2 aromatic rings. The van der Waals surface area contributed by atoms with Crippen LogP contribution in [0, 0.1) is 0 Å². The molecule has 28 heavy (non-hydrogen) atoms. The molecule has 0 aromatic carbocycles. The Balaban J connectivity index is 1.60. The maximum Gasteiger partial charge on any atom is 0.325 e. The summed E-state index contributed by atoms with van der Waals surface area (Å²) in [6, 6.07) is 1.85. The molecule has 3 atom stereocenters. The molecule has 2 fully saturated rings. The molecule has 9 nitrogen and oxygen atoms in total. The number of thioether (sulfide) groups is 2. The minimum atomic E-state index is -1.49. The summed E-state index contributed by atoms with van der Waals surface area (Å²) in [6.45, 7) is -0.0214. The summed E-state index contributed by atoms with van der Waals surface area (Å²) in [5.74, 6) is -1.49. The standard InChI is InChI=1S/C15H15N5O4S4/c16-13-18-19-14(27-13)28-15(12(23)24)6-20-9(22)4-10(20)26-11(15)17-8(21)3-7-1-2-25-5-7/h1-2,5,10-11H,3-4,6H2,(H2,16,18)(H,17,21)(H,23,24)/t10-,11?,15?/m1/s1. The van der Waals surface area contributed by atoms with Gasteiger partial charge in [-0.1, -0.05) is 23.1 Å². The van der Waals surface area contributed by atoms with Gasteiger partial charge in [0.1, 0.15) is 5.37 Å². The number of nitrogens with zero attached hydrogens (tertiary/aromatic N) is 3. The van der Waals surface area contributed by atoms with Gasteiger partial charge in [-0.05, 0) is 22.4 Å². The molecule has 4 N–H and O–H groups in total. The van der Waals surface area contributed by atoms with E-state index in [1.165, 1.54) is 28.0 Å². The number of aliphatic carboxylic acids is 1. The Morgan fingerprint density at radius 3 is 2.89 bits per heavy atom. The Labute approximate surface area is 176 Å². The van der Waals surface area contributed by atoms with Crippen LogP contribution in [0.25, 0.3) is 0 Å². The Hall–Kier alpha value is -1.83. The molecule has 2 aliphatic rings. The van der Waals surface area contributed by atoms with E-state index in [0.29, 0.717) is 10.8 Å². The Morgan fingerprint density at radius 1 is 1.46 bits per heavy atom. The van der Waals surface area contributed by atoms with Crippen molar-refractivity contribution < 1.29 is 19.5 Å². The van der Waals surface area contributed by atoms with Crippen LogP contribution in [0.15, 0.2) is 21.2 Å². The molecule has 0 bridgehead atoms. The smallest absolute Gasteiger partial charge is 0.325 e. The molecule has 2 unspecified atom stereocenters. The highest BCUT2D eigenvalue weighted by Crippen LogP contribution is 2.50. The van der Waals surface area contributed by atoms with Crippen molar-refractivity contribution in [3.8, 4) is 0 Å². The summed E-state index contributed by atoms with van der Waals surface area (Å²) < 4.78 is -1.11. The number of hydrogen-bond donors (Lipinski definition) is 3. The molecule has 2 saturated heterocycles. The third-order valence-corrected chi connectivity index (χ3v) is 9.05. The highest BCUT2D eigenvalue weighted by Gasteiger charge is 2.59. The number of carbonyl (C=O) groups excluding carboxylic acids is 2. The second-order valence-corrected chi connectivity index (χ2v) is 10.9. The molecule has 0 aliphatic carbocycles. The zero-order valence-electron chi connectivity index (χ0n) is 14.2. The first kappa shape index (κ1) is 19.5. The van der Waals surface area contributed by atoms with Crippen molar-refractivity contribution in [1.29, 1.82) is 0 Å². The molecule has 2 amide bonds. The second-order valence-electron chi connectivity index (χ2n) is 6.28. The third kappa shape index (κ3) is 3.58. The van der Waals surface area contributed by atoms with E-state index in [0.717, 1.165) is 28.7 Å². The van der Waals surface area contributed by atoms with Gasteiger partial charge < -0.3 is 21.1 Å². The van der Waals surface area contributed by atoms with Gasteiger partial charge in [0, 0.05) is 0 Å². The number of carbonyl (C=O) groups is 3. The molecule has 0 spiro atoms. The Bertz CT molecular complexity index is 919. The van der Waals surface area contributed by atoms with Crippen molar-refractivity contribution in [1.82, 2.24) is 20.4 Å². The van der Waals surface area contributed by atoms with E-state index >= 15 is 0 Å². The summed E-state index contributed by atoms with van der Waals surface area (Å²) in [5.41, 5.74) is 6.49. The van der Waals surface area contributed by atoms with Crippen molar-refractivity contribution in [3.05, 3.63) is 22.4 Å². The maximum absolute atomic E-state index is 12.6. The molecule has 148 valence electrons. The third-order valence-electron chi connectivity index (χ3n) is 4.43. The topological polar surface area (TPSA) is 139 Å². The van der Waals surface area contributed by atoms with Crippen molar-refractivity contribution in [2.24, 2.45) is 0 Å². The molecule has 0 radical (unpaired) electrons. The van der Waals surface area contributed by atoms with Crippen molar-refractivity contribution in [2.75, 3.05) is 12.3 Å². The first-order valence-corrected chi connectivity index (χ1v) is 11.7. The number of thiophene rings is 1. The Kier molecular flexibility index (Phi) is 5.24. The average Bonchev–Trinajstić information content (AvgIpc) is 3.28. The van der Waals surface area contributed by atoms with Crippen LogP contribution >= 0.6 is 46.2 Å². The highest BCUT2D eigenvalue weighted by atomic mass is 32.2. The monoisotopic (exact) mass is 457 g/mol. The summed E-state index contributed by atoms with van der Waals surface area (Å²) in [7, 11) is 0. The summed E-state index contributed by atoms with van der Waals surface area (Å²) in [5, 5.41) is 23.7. The van der Waals surface area contributed by atoms with Gasteiger partial charge in [-0.2, -0.15) is 11.3 Å². The van der Waals surface area contributed by atoms with Crippen LogP contribution in [-0.4, -0.2) is 60.0 Å². The van der Waals surface area contributed by atoms with Crippen LogP contribution in [0.5, 0.6) is 0 Å². The lowest BCUT2D eigenvalue weighted by molar-refractivity contribution is -0.147. The predicted octanol–water partition coefficient (Wildman–Crippen LogP) is 1.09. The summed E-state index contributed by atoms with van der Waals surface area (Å²) in [4.78, 5) is 38.4. The van der Waals surface area contributed by atoms with Crippen molar-refractivity contribution in [3.63, 3.8) is 0 Å². The van der Waals surface area contributed by atoms with E-state index in [1.807, 2.05) is 16.8 Å². The molecule has 4 rings (SSSR count). The number of nitrogens with one attached hydrogen (secondary N) is 1. The van der Waals surface area contributed by atoms with Crippen LogP contribution in [0.4, 0.5) is 5.13 Å². The lowest BCUT2D eigenvalue weighted by Crippen LogP contribution is -2.69. The van der Waals surface area contributed by atoms with Crippen LogP contribution in [-0.2, 0) is 20.8 Å². The number of carboxylic acid groups (broad SMARTS) is 1. The number of β-lactam (4-membered cyclic amide) rings is 1. The normalized spacial score (nSPS) is 26.4. The summed E-state index contributed by atoms with van der Waals surface area (Å²) >= 11 is 4.83. The predicted molar refractivity (Wildman–Crippen MR) is 108 cm³/mol. The number of anilines is 1. The fourth-order valence-corrected chi connectivity index (χ4v) is 7.52. The van der Waals surface area contributed by atoms with Crippen LogP contribution in [0.2, 0.25) is 0 Å². The molecule has 0 saturated carbocycles. The molecule has 13 heteroatoms. The van der Waals surface area contributed by atoms with Gasteiger partial charge in [-0.25, -0.2) is 0 Å². The van der Waals surface area contributed by atoms with E-state index in [4.69, 9.17) is 5.73 Å². The largest absolute Gasteiger partial charge is 0.480 e. The van der Waals surface area contributed by atoms with Gasteiger partial charge >= 0.3 is 5.97 Å². The first-order valence-electron chi connectivity index (χ1n) is 8.14. The number of amides is 2. The zero-order chi connectivity index (χ0) is 19.9. The molecular formula is C15H15N5O4S4. The molecule has 2 aliphatic heterocycles. The zero-order valence-corrected chi connectivity index (χ0v) is 17.5. The number of fused-ring (bicyclic) bond motifs is 1. The van der Waals surface area contributed by atoms with Gasteiger partial charge in [-0.15, -0.1) is 22.0 Å². The highest BCUT2D eigenvalue weighted by molar-refractivity contribution is 8.06. The number of rotatable bonds is 6. The fraction of sp³-hybridized carbons (Fsp3) is 0.400. The number of hydrogen-bond acceptors (Lipinski definition) is 10.